The standard InChI is InChI=1S/C32H35ClN4O7/c1-20-28(31(38)42-3)30(23-12-10-13-25(18-23)37(40)41)29(21(2)34-20)32(39)44-16-9-5-4-8-15-43-27-19-24(35-36-27)17-22-11-6-7-14-26(22)33/h6-7,10-14,18-19,30,34H,4-5,8-9,15-17H2,1-3H3,(H,35,36). The third-order valence-corrected chi connectivity index (χ3v) is 7.64. The molecule has 1 atom stereocenters. The second kappa shape index (κ2) is 15.2. The summed E-state index contributed by atoms with van der Waals surface area (Å²) in [5.41, 5.74) is 3.58. The molecule has 3 aromatic rings. The zero-order valence-electron chi connectivity index (χ0n) is 24.9. The number of rotatable bonds is 14. The Bertz CT molecular complexity index is 1580. The Morgan fingerprint density at radius 1 is 0.955 bits per heavy atom. The predicted octanol–water partition coefficient (Wildman–Crippen LogP) is 6.15. The Morgan fingerprint density at radius 3 is 2.36 bits per heavy atom. The number of unbranched alkanes of at least 4 members (excludes halogenated alkanes) is 3. The smallest absolute Gasteiger partial charge is 0.336 e. The Hall–Kier alpha value is -4.64. The number of carbonyl (C=O) groups is 2. The monoisotopic (exact) mass is 622 g/mol. The van der Waals surface area contributed by atoms with Crippen LogP contribution in [0.4, 0.5) is 5.69 Å². The molecule has 0 radical (unpaired) electrons. The van der Waals surface area contributed by atoms with Gasteiger partial charge in [0.25, 0.3) is 5.69 Å². The second-order valence-corrected chi connectivity index (χ2v) is 10.8. The van der Waals surface area contributed by atoms with Crippen LogP contribution in [0, 0.1) is 10.1 Å². The van der Waals surface area contributed by atoms with E-state index in [0.29, 0.717) is 47.3 Å². The van der Waals surface area contributed by atoms with Crippen molar-refractivity contribution in [2.24, 2.45) is 0 Å². The highest BCUT2D eigenvalue weighted by atomic mass is 35.5. The van der Waals surface area contributed by atoms with Crippen LogP contribution >= 0.6 is 11.6 Å². The van der Waals surface area contributed by atoms with Crippen LogP contribution < -0.4 is 10.1 Å². The van der Waals surface area contributed by atoms with Crippen molar-refractivity contribution in [2.45, 2.75) is 51.9 Å². The van der Waals surface area contributed by atoms with Crippen LogP contribution in [0.15, 0.2) is 77.1 Å². The molecule has 1 aromatic heterocycles. The number of carbonyl (C=O) groups excluding carboxylic acids is 2. The molecule has 11 nitrogen and oxygen atoms in total. The third-order valence-electron chi connectivity index (χ3n) is 7.27. The van der Waals surface area contributed by atoms with Gasteiger partial charge < -0.3 is 19.5 Å². The first-order valence-electron chi connectivity index (χ1n) is 14.3. The third kappa shape index (κ3) is 8.04. The number of hydrogen-bond donors (Lipinski definition) is 2. The highest BCUT2D eigenvalue weighted by molar-refractivity contribution is 6.31. The van der Waals surface area contributed by atoms with Crippen LogP contribution in [-0.2, 0) is 25.5 Å². The lowest BCUT2D eigenvalue weighted by Gasteiger charge is -2.30. The Kier molecular flexibility index (Phi) is 11.1. The van der Waals surface area contributed by atoms with Crippen LogP contribution in [-0.4, -0.2) is 47.4 Å². The largest absolute Gasteiger partial charge is 0.477 e. The first-order valence-corrected chi connectivity index (χ1v) is 14.7. The van der Waals surface area contributed by atoms with Gasteiger partial charge in [-0.05, 0) is 56.7 Å². The van der Waals surface area contributed by atoms with Crippen molar-refractivity contribution in [3.8, 4) is 5.88 Å². The van der Waals surface area contributed by atoms with E-state index in [9.17, 15) is 19.7 Å². The van der Waals surface area contributed by atoms with E-state index in [1.165, 1.54) is 25.3 Å². The maximum Gasteiger partial charge on any atom is 0.336 e. The van der Waals surface area contributed by atoms with Crippen molar-refractivity contribution in [2.75, 3.05) is 20.3 Å². The van der Waals surface area contributed by atoms with Gasteiger partial charge in [-0.3, -0.25) is 15.2 Å². The molecule has 0 amide bonds. The molecule has 2 N–H and O–H groups in total. The lowest BCUT2D eigenvalue weighted by molar-refractivity contribution is -0.384. The van der Waals surface area contributed by atoms with Crippen molar-refractivity contribution in [3.63, 3.8) is 0 Å². The molecule has 0 bridgehead atoms. The van der Waals surface area contributed by atoms with Crippen LogP contribution in [0.1, 0.15) is 62.3 Å². The molecular weight excluding hydrogens is 588 g/mol. The zero-order valence-corrected chi connectivity index (χ0v) is 25.6. The minimum atomic E-state index is -0.888. The number of H-pyrrole nitrogens is 1. The summed E-state index contributed by atoms with van der Waals surface area (Å²) in [6.45, 7) is 4.08. The number of aromatic nitrogens is 2. The number of halogens is 1. The molecule has 2 aromatic carbocycles. The van der Waals surface area contributed by atoms with Crippen molar-refractivity contribution >= 4 is 29.2 Å². The summed E-state index contributed by atoms with van der Waals surface area (Å²) >= 11 is 6.24. The summed E-state index contributed by atoms with van der Waals surface area (Å²) in [5, 5.41) is 22.4. The van der Waals surface area contributed by atoms with E-state index < -0.39 is 22.8 Å². The highest BCUT2D eigenvalue weighted by Gasteiger charge is 2.38. The van der Waals surface area contributed by atoms with Gasteiger partial charge in [0, 0.05) is 46.7 Å². The van der Waals surface area contributed by atoms with Gasteiger partial charge in [0.15, 0.2) is 0 Å². The number of esters is 2. The average Bonchev–Trinajstić information content (AvgIpc) is 3.45. The Balaban J connectivity index is 1.27. The fourth-order valence-electron chi connectivity index (χ4n) is 5.13. The van der Waals surface area contributed by atoms with E-state index in [4.69, 9.17) is 25.8 Å². The fourth-order valence-corrected chi connectivity index (χ4v) is 5.33. The minimum absolute atomic E-state index is 0.151. The highest BCUT2D eigenvalue weighted by Crippen LogP contribution is 2.40. The number of ether oxygens (including phenoxy) is 3. The molecular formula is C32H35ClN4O7. The van der Waals surface area contributed by atoms with E-state index in [0.717, 1.165) is 30.5 Å². The first-order chi connectivity index (χ1) is 21.2. The normalized spacial score (nSPS) is 14.7. The van der Waals surface area contributed by atoms with Crippen molar-refractivity contribution in [3.05, 3.63) is 109 Å². The minimum Gasteiger partial charge on any atom is -0.477 e. The van der Waals surface area contributed by atoms with Gasteiger partial charge in [0.1, 0.15) is 0 Å². The van der Waals surface area contributed by atoms with E-state index in [1.54, 1.807) is 19.9 Å². The zero-order chi connectivity index (χ0) is 31.6. The first kappa shape index (κ1) is 32.3. The Labute approximate surface area is 260 Å². The molecule has 1 unspecified atom stereocenters. The van der Waals surface area contributed by atoms with Crippen LogP contribution in [0.5, 0.6) is 5.88 Å². The molecule has 0 spiro atoms. The van der Waals surface area contributed by atoms with Crippen molar-refractivity contribution in [1.29, 1.82) is 0 Å². The number of hydrogen-bond acceptors (Lipinski definition) is 9. The van der Waals surface area contributed by atoms with Crippen LogP contribution in [0.25, 0.3) is 0 Å². The van der Waals surface area contributed by atoms with Gasteiger partial charge in [-0.2, -0.15) is 0 Å². The van der Waals surface area contributed by atoms with Crippen molar-refractivity contribution in [1.82, 2.24) is 15.5 Å². The molecule has 0 aliphatic carbocycles. The van der Waals surface area contributed by atoms with E-state index >= 15 is 0 Å². The van der Waals surface area contributed by atoms with Gasteiger partial charge in [-0.15, -0.1) is 5.10 Å². The van der Waals surface area contributed by atoms with E-state index in [1.807, 2.05) is 30.3 Å². The number of methoxy groups -OCH3 is 1. The molecule has 44 heavy (non-hydrogen) atoms. The maximum atomic E-state index is 13.3. The lowest BCUT2D eigenvalue weighted by Crippen LogP contribution is -2.32. The molecule has 0 saturated carbocycles. The average molecular weight is 623 g/mol. The summed E-state index contributed by atoms with van der Waals surface area (Å²) < 4.78 is 16.4. The summed E-state index contributed by atoms with van der Waals surface area (Å²) in [6.07, 6.45) is 3.74. The predicted molar refractivity (Wildman–Crippen MR) is 164 cm³/mol. The summed E-state index contributed by atoms with van der Waals surface area (Å²) in [7, 11) is 1.25. The molecule has 2 heterocycles. The number of nitrogens with zero attached hydrogens (tertiary/aromatic N) is 2. The number of dihydropyridines is 1. The quantitative estimate of drug-likeness (QED) is 0.0935. The van der Waals surface area contributed by atoms with Crippen LogP contribution in [0.2, 0.25) is 5.02 Å². The number of benzene rings is 2. The number of non-ortho nitro benzene ring substituents is 1. The van der Waals surface area contributed by atoms with Crippen LogP contribution in [0.3, 0.4) is 0 Å². The molecule has 0 fully saturated rings. The van der Waals surface area contributed by atoms with Gasteiger partial charge in [-0.1, -0.05) is 41.9 Å². The second-order valence-electron chi connectivity index (χ2n) is 10.4. The maximum absolute atomic E-state index is 13.3. The molecule has 4 rings (SSSR count). The molecule has 0 saturated heterocycles. The molecule has 1 aliphatic heterocycles. The molecule has 232 valence electrons. The number of allylic oxidation sites excluding steroid dienone is 2. The van der Waals surface area contributed by atoms with Gasteiger partial charge in [-0.25, -0.2) is 9.59 Å². The number of nitrogens with one attached hydrogen (secondary N) is 2. The Morgan fingerprint density at radius 2 is 1.66 bits per heavy atom. The SMILES string of the molecule is COC(=O)C1=C(C)NC(C)=C(C(=O)OCCCCCCOc2cc(Cc3ccccc3Cl)[nH]n2)C1c1cccc([N+](=O)[O-])c1. The lowest BCUT2D eigenvalue weighted by atomic mass is 9.80. The molecule has 12 heteroatoms. The number of nitro groups is 1. The van der Waals surface area contributed by atoms with E-state index in [2.05, 4.69) is 15.5 Å². The fraction of sp³-hybridized carbons (Fsp3) is 0.344. The van der Waals surface area contributed by atoms with Gasteiger partial charge in [0.2, 0.25) is 5.88 Å². The van der Waals surface area contributed by atoms with Crippen molar-refractivity contribution < 1.29 is 28.7 Å². The summed E-state index contributed by atoms with van der Waals surface area (Å²) in [6, 6.07) is 15.4. The summed E-state index contributed by atoms with van der Waals surface area (Å²) in [4.78, 5) is 37.0. The number of aromatic amines is 1. The topological polar surface area (TPSA) is 146 Å². The van der Waals surface area contributed by atoms with Gasteiger partial charge in [0.05, 0.1) is 42.3 Å². The van der Waals surface area contributed by atoms with E-state index in [-0.39, 0.29) is 23.4 Å². The molecule has 1 aliphatic rings. The summed E-state index contributed by atoms with van der Waals surface area (Å²) in [5.74, 6) is -1.60. The van der Waals surface area contributed by atoms with Gasteiger partial charge >= 0.3 is 11.9 Å². The number of nitro benzene ring substituents is 1.